The van der Waals surface area contributed by atoms with Gasteiger partial charge in [-0.05, 0) is 0 Å². The average Bonchev–Trinajstić information content (AvgIpc) is 3.13. The molecule has 0 bridgehead atoms. The number of allylic oxidation sites excluding steroid dienone is 1. The van der Waals surface area contributed by atoms with Crippen LogP contribution in [0.1, 0.15) is 0 Å². The van der Waals surface area contributed by atoms with Crippen LogP contribution in [0.3, 0.4) is 0 Å². The molecule has 0 aromatic carbocycles. The standard InChI is InChI=1S/C12H13N3O2.Na.H/c16-9-7-8(13-1-2-13)12(17)11(15-5-6-15)10(9)14-3-4-14;;/h7H,1-6H2;;. The van der Waals surface area contributed by atoms with E-state index < -0.39 is 0 Å². The fraction of sp³-hybridized carbons (Fsp3) is 0.500. The van der Waals surface area contributed by atoms with Crippen LogP contribution >= 0.6 is 0 Å². The molecule has 6 heteroatoms. The molecule has 0 aromatic heterocycles. The normalized spacial score (nSPS) is 25.1. The third-order valence-corrected chi connectivity index (χ3v) is 3.49. The van der Waals surface area contributed by atoms with Crippen LogP contribution in [0.2, 0.25) is 0 Å². The third kappa shape index (κ3) is 1.90. The second kappa shape index (κ2) is 4.11. The molecule has 0 radical (unpaired) electrons. The third-order valence-electron chi connectivity index (χ3n) is 3.49. The van der Waals surface area contributed by atoms with E-state index in [4.69, 9.17) is 0 Å². The molecule has 4 rings (SSSR count). The zero-order chi connectivity index (χ0) is 11.6. The maximum atomic E-state index is 12.4. The Morgan fingerprint density at radius 3 is 1.78 bits per heavy atom. The molecule has 3 aliphatic heterocycles. The van der Waals surface area contributed by atoms with Crippen molar-refractivity contribution in [3.8, 4) is 0 Å². The summed E-state index contributed by atoms with van der Waals surface area (Å²) in [5.41, 5.74) is 1.89. The molecule has 18 heavy (non-hydrogen) atoms. The van der Waals surface area contributed by atoms with Gasteiger partial charge in [-0.1, -0.05) is 0 Å². The molecule has 0 atom stereocenters. The van der Waals surface area contributed by atoms with E-state index in [2.05, 4.69) is 0 Å². The number of hydrogen-bond donors (Lipinski definition) is 0. The first kappa shape index (κ1) is 12.3. The molecule has 0 N–H and O–H groups in total. The minimum atomic E-state index is 0. The van der Waals surface area contributed by atoms with Crippen molar-refractivity contribution in [2.24, 2.45) is 0 Å². The summed E-state index contributed by atoms with van der Waals surface area (Å²) in [5.74, 6) is 0.0485. The van der Waals surface area contributed by atoms with Crippen molar-refractivity contribution in [1.29, 1.82) is 0 Å². The zero-order valence-electron chi connectivity index (χ0n) is 9.48. The molecule has 0 unspecified atom stereocenters. The summed E-state index contributed by atoms with van der Waals surface area (Å²) in [5, 5.41) is 0. The average molecular weight is 255 g/mol. The molecule has 0 saturated carbocycles. The van der Waals surface area contributed by atoms with Gasteiger partial charge >= 0.3 is 29.6 Å². The fourth-order valence-electron chi connectivity index (χ4n) is 2.28. The Morgan fingerprint density at radius 1 is 0.778 bits per heavy atom. The summed E-state index contributed by atoms with van der Waals surface area (Å²) in [7, 11) is 0. The number of carbonyl (C=O) groups excluding carboxylic acids is 2. The van der Waals surface area contributed by atoms with Crippen LogP contribution in [0, 0.1) is 0 Å². The van der Waals surface area contributed by atoms with E-state index >= 15 is 0 Å². The first-order valence-electron chi connectivity index (χ1n) is 6.05. The number of Topliss-reactive ketones (excluding diaryl/α,β-unsaturated/α-hetero) is 1. The molecule has 0 spiro atoms. The van der Waals surface area contributed by atoms with Gasteiger partial charge in [-0.25, -0.2) is 0 Å². The van der Waals surface area contributed by atoms with Crippen LogP contribution in [0.5, 0.6) is 0 Å². The summed E-state index contributed by atoms with van der Waals surface area (Å²) < 4.78 is 0. The Labute approximate surface area is 127 Å². The van der Waals surface area contributed by atoms with E-state index in [1.807, 2.05) is 14.7 Å². The summed E-state index contributed by atoms with van der Waals surface area (Å²) >= 11 is 0. The summed E-state index contributed by atoms with van der Waals surface area (Å²) in [6.07, 6.45) is 1.52. The van der Waals surface area contributed by atoms with Gasteiger partial charge in [-0.3, -0.25) is 9.59 Å². The predicted molar refractivity (Wildman–Crippen MR) is 67.0 cm³/mol. The Bertz CT molecular complexity index is 499. The van der Waals surface area contributed by atoms with Gasteiger partial charge in [-0.2, -0.15) is 0 Å². The van der Waals surface area contributed by atoms with Crippen LogP contribution in [-0.4, -0.2) is 95.1 Å². The van der Waals surface area contributed by atoms with Crippen molar-refractivity contribution in [3.05, 3.63) is 23.2 Å². The number of rotatable bonds is 3. The minimum absolute atomic E-state index is 0. The molecule has 90 valence electrons. The fourth-order valence-corrected chi connectivity index (χ4v) is 2.28. The quantitative estimate of drug-likeness (QED) is 0.350. The van der Waals surface area contributed by atoms with Gasteiger partial charge in [0.1, 0.15) is 11.4 Å². The number of nitrogens with zero attached hydrogens (tertiary/aromatic N) is 3. The van der Waals surface area contributed by atoms with Gasteiger partial charge in [0, 0.05) is 45.3 Å². The van der Waals surface area contributed by atoms with E-state index in [1.54, 1.807) is 0 Å². The van der Waals surface area contributed by atoms with Crippen LogP contribution in [0.25, 0.3) is 0 Å². The molecule has 3 saturated heterocycles. The van der Waals surface area contributed by atoms with E-state index in [0.717, 1.165) is 39.3 Å². The Hall–Kier alpha value is -0.780. The van der Waals surface area contributed by atoms with Crippen molar-refractivity contribution >= 4 is 41.1 Å². The van der Waals surface area contributed by atoms with Crippen LogP contribution < -0.4 is 0 Å². The van der Waals surface area contributed by atoms with Crippen molar-refractivity contribution in [3.63, 3.8) is 0 Å². The van der Waals surface area contributed by atoms with E-state index in [0.29, 0.717) is 17.1 Å². The maximum absolute atomic E-state index is 12.4. The Kier molecular flexibility index (Phi) is 2.80. The molecular formula is C12H14N3NaO2. The molecule has 3 heterocycles. The molecular weight excluding hydrogens is 241 g/mol. The molecule has 0 amide bonds. The van der Waals surface area contributed by atoms with Crippen molar-refractivity contribution < 1.29 is 9.59 Å². The summed E-state index contributed by atoms with van der Waals surface area (Å²) in [4.78, 5) is 30.5. The van der Waals surface area contributed by atoms with Crippen LogP contribution in [0.4, 0.5) is 0 Å². The van der Waals surface area contributed by atoms with Crippen LogP contribution in [0.15, 0.2) is 23.2 Å². The second-order valence-electron chi connectivity index (χ2n) is 4.88. The van der Waals surface area contributed by atoms with Gasteiger partial charge in [-0.15, -0.1) is 0 Å². The number of hydrogen-bond acceptors (Lipinski definition) is 5. The SMILES string of the molecule is O=C1C=C(N2CC2)C(=O)C(N2CC2)=C1N1CC1.[NaH]. The predicted octanol–water partition coefficient (Wildman–Crippen LogP) is -1.47. The Morgan fingerprint density at radius 2 is 1.28 bits per heavy atom. The monoisotopic (exact) mass is 255 g/mol. The Balaban J connectivity index is 0.000001000. The van der Waals surface area contributed by atoms with Crippen molar-refractivity contribution in [1.82, 2.24) is 14.7 Å². The summed E-state index contributed by atoms with van der Waals surface area (Å²) in [6.45, 7) is 5.41. The van der Waals surface area contributed by atoms with Gasteiger partial charge in [0.15, 0.2) is 0 Å². The van der Waals surface area contributed by atoms with Gasteiger partial charge in [0.2, 0.25) is 11.6 Å². The first-order valence-corrected chi connectivity index (χ1v) is 6.05. The van der Waals surface area contributed by atoms with Gasteiger partial charge in [0.05, 0.1) is 5.70 Å². The topological polar surface area (TPSA) is 43.2 Å². The number of carbonyl (C=O) groups is 2. The zero-order valence-corrected chi connectivity index (χ0v) is 9.48. The van der Waals surface area contributed by atoms with E-state index in [-0.39, 0.29) is 41.1 Å². The van der Waals surface area contributed by atoms with Gasteiger partial charge < -0.3 is 14.7 Å². The molecule has 5 nitrogen and oxygen atoms in total. The second-order valence-corrected chi connectivity index (χ2v) is 4.88. The van der Waals surface area contributed by atoms with Gasteiger partial charge in [0.25, 0.3) is 0 Å². The number of ketones is 2. The molecule has 3 fully saturated rings. The van der Waals surface area contributed by atoms with Crippen molar-refractivity contribution in [2.75, 3.05) is 39.3 Å². The van der Waals surface area contributed by atoms with E-state index in [9.17, 15) is 9.59 Å². The van der Waals surface area contributed by atoms with E-state index in [1.165, 1.54) is 6.08 Å². The summed E-state index contributed by atoms with van der Waals surface area (Å²) in [6, 6.07) is 0. The molecule has 4 aliphatic rings. The first-order chi connectivity index (χ1) is 8.25. The molecule has 0 aromatic rings. The van der Waals surface area contributed by atoms with Crippen molar-refractivity contribution in [2.45, 2.75) is 0 Å². The van der Waals surface area contributed by atoms with Crippen LogP contribution in [-0.2, 0) is 9.59 Å². The molecule has 1 aliphatic carbocycles.